The summed E-state index contributed by atoms with van der Waals surface area (Å²) in [5.41, 5.74) is 10.4. The third kappa shape index (κ3) is 9.40. The van der Waals surface area contributed by atoms with Crippen LogP contribution in [0.5, 0.6) is 0 Å². The molecule has 0 saturated heterocycles. The molecule has 0 aliphatic heterocycles. The molecule has 0 radical (unpaired) electrons. The van der Waals surface area contributed by atoms with Crippen molar-refractivity contribution < 1.29 is 9.59 Å². The van der Waals surface area contributed by atoms with E-state index in [1.807, 2.05) is 0 Å². The summed E-state index contributed by atoms with van der Waals surface area (Å²) in [7, 11) is 0. The number of carbonyl (C=O) groups excluding carboxylic acids is 2. The quantitative estimate of drug-likeness (QED) is 0.203. The van der Waals surface area contributed by atoms with Crippen LogP contribution < -0.4 is 0 Å². The Balaban J connectivity index is 1.50. The van der Waals surface area contributed by atoms with Crippen LogP contribution in [0.1, 0.15) is 289 Å². The molecule has 8 rings (SSSR count). The lowest BCUT2D eigenvalue weighted by Crippen LogP contribution is -2.37. The highest BCUT2D eigenvalue weighted by molar-refractivity contribution is 6.30. The molecular formula is C64H98O2. The molecule has 15 atom stereocenters. The minimum Gasteiger partial charge on any atom is -0.289 e. The van der Waals surface area contributed by atoms with Crippen molar-refractivity contribution in [3.05, 3.63) is 68.3 Å². The SMILES string of the molecule is CC1CCC(C(C)C)C(c2cc(C3CC(C)CCC3C(C)C)c(C3CC(C)CCC3C(C)C)c3c2C(=O)c2ccc(C4CC(C)CCC4C(C)C)c(C4CC(C)CCC4C(C)C)c2C3=O)C1. The summed E-state index contributed by atoms with van der Waals surface area (Å²) >= 11 is 0. The summed E-state index contributed by atoms with van der Waals surface area (Å²) in [6.45, 7) is 37.0. The Bertz CT molecular complexity index is 2040. The van der Waals surface area contributed by atoms with Gasteiger partial charge in [-0.3, -0.25) is 9.59 Å². The van der Waals surface area contributed by atoms with E-state index in [2.05, 4.69) is 122 Å². The van der Waals surface area contributed by atoms with E-state index >= 15 is 9.59 Å². The van der Waals surface area contributed by atoms with E-state index in [1.54, 1.807) is 0 Å². The maximum absolute atomic E-state index is 17.3. The standard InChI is InChI=1S/C64H98O2/c1-34(2)44-21-16-39(11)28-51(44)49-26-27-50-60(58(49)54-31-42(14)19-24-47(54)37(7)8)64(66)62-59(55-32-43(15)20-25-48(55)38(9)10)56(52-29-40(12)17-22-45(52)35(3)4)33-57(61(62)63(50)65)53-30-41(13)18-23-46(53)36(5)6/h26-27,33-48,51-55H,16-25,28-32H2,1-15H3. The first-order valence-corrected chi connectivity index (χ1v) is 28.7. The summed E-state index contributed by atoms with van der Waals surface area (Å²) in [4.78, 5) is 33.9. The van der Waals surface area contributed by atoms with E-state index in [0.29, 0.717) is 107 Å². The highest BCUT2D eigenvalue weighted by Crippen LogP contribution is 2.58. The van der Waals surface area contributed by atoms with E-state index in [1.165, 1.54) is 105 Å². The zero-order valence-corrected chi connectivity index (χ0v) is 45.2. The molecule has 0 N–H and O–H groups in total. The molecule has 0 bridgehead atoms. The Morgan fingerprint density at radius 2 is 0.667 bits per heavy atom. The zero-order valence-electron chi connectivity index (χ0n) is 45.2. The van der Waals surface area contributed by atoms with Gasteiger partial charge in [-0.15, -0.1) is 0 Å². The van der Waals surface area contributed by atoms with Crippen LogP contribution in [-0.4, -0.2) is 11.6 Å². The molecule has 0 spiro atoms. The second-order valence-corrected chi connectivity index (χ2v) is 27.0. The molecule has 2 nitrogen and oxygen atoms in total. The van der Waals surface area contributed by atoms with E-state index < -0.39 is 0 Å². The molecule has 2 aromatic carbocycles. The maximum atomic E-state index is 17.3. The van der Waals surface area contributed by atoms with Crippen molar-refractivity contribution in [3.8, 4) is 0 Å². The lowest BCUT2D eigenvalue weighted by molar-refractivity contribution is 0.0968. The Labute approximate surface area is 406 Å². The second kappa shape index (κ2) is 20.2. The first-order chi connectivity index (χ1) is 31.3. The Morgan fingerprint density at radius 3 is 1.05 bits per heavy atom. The van der Waals surface area contributed by atoms with Gasteiger partial charge in [-0.05, 0) is 216 Å². The Kier molecular flexibility index (Phi) is 15.4. The molecule has 66 heavy (non-hydrogen) atoms. The summed E-state index contributed by atoms with van der Waals surface area (Å²) < 4.78 is 0. The van der Waals surface area contributed by atoms with Gasteiger partial charge in [0.1, 0.15) is 0 Å². The van der Waals surface area contributed by atoms with Gasteiger partial charge in [0.15, 0.2) is 11.6 Å². The minimum absolute atomic E-state index is 0.195. The van der Waals surface area contributed by atoms with Crippen molar-refractivity contribution in [3.63, 3.8) is 0 Å². The predicted molar refractivity (Wildman–Crippen MR) is 280 cm³/mol. The van der Waals surface area contributed by atoms with Crippen LogP contribution in [0, 0.1) is 88.8 Å². The van der Waals surface area contributed by atoms with E-state index in [4.69, 9.17) is 0 Å². The summed E-state index contributed by atoms with van der Waals surface area (Å²) in [6.07, 6.45) is 18.2. The smallest absolute Gasteiger partial charge is 0.195 e. The molecule has 5 saturated carbocycles. The number of carbonyl (C=O) groups is 2. The van der Waals surface area contributed by atoms with Crippen LogP contribution in [0.2, 0.25) is 0 Å². The van der Waals surface area contributed by atoms with Crippen LogP contribution in [0.25, 0.3) is 0 Å². The molecular weight excluding hydrogens is 801 g/mol. The normalized spacial score (nSPS) is 36.7. The molecule has 2 heteroatoms. The van der Waals surface area contributed by atoms with E-state index in [-0.39, 0.29) is 23.4 Å². The fourth-order valence-corrected chi connectivity index (χ4v) is 17.0. The van der Waals surface area contributed by atoms with Crippen molar-refractivity contribution in [1.29, 1.82) is 0 Å². The first kappa shape index (κ1) is 50.2. The predicted octanol–water partition coefficient (Wildman–Crippen LogP) is 18.3. The molecule has 0 heterocycles. The second-order valence-electron chi connectivity index (χ2n) is 27.0. The number of rotatable bonds is 10. The van der Waals surface area contributed by atoms with Crippen LogP contribution >= 0.6 is 0 Å². The summed E-state index contributed by atoms with van der Waals surface area (Å²) in [6, 6.07) is 7.37. The highest BCUT2D eigenvalue weighted by Gasteiger charge is 2.49. The van der Waals surface area contributed by atoms with Gasteiger partial charge in [-0.2, -0.15) is 0 Å². The molecule has 0 aromatic heterocycles. The third-order valence-electron chi connectivity index (χ3n) is 20.7. The molecule has 6 aliphatic rings. The summed E-state index contributed by atoms with van der Waals surface area (Å²) in [5, 5.41) is 0. The van der Waals surface area contributed by atoms with Crippen LogP contribution in [0.4, 0.5) is 0 Å². The van der Waals surface area contributed by atoms with E-state index in [9.17, 15) is 0 Å². The van der Waals surface area contributed by atoms with Crippen molar-refractivity contribution in [2.24, 2.45) is 88.8 Å². The monoisotopic (exact) mass is 899 g/mol. The number of hydrogen-bond donors (Lipinski definition) is 0. The highest BCUT2D eigenvalue weighted by atomic mass is 16.1. The van der Waals surface area contributed by atoms with Gasteiger partial charge in [-0.1, -0.05) is 148 Å². The Hall–Kier alpha value is -2.22. The van der Waals surface area contributed by atoms with Gasteiger partial charge in [-0.25, -0.2) is 0 Å². The fourth-order valence-electron chi connectivity index (χ4n) is 17.0. The fraction of sp³-hybridized carbons (Fsp3) is 0.781. The Morgan fingerprint density at radius 1 is 0.348 bits per heavy atom. The van der Waals surface area contributed by atoms with Gasteiger partial charge in [0.2, 0.25) is 0 Å². The minimum atomic E-state index is 0.195. The molecule has 2 aromatic rings. The first-order valence-electron chi connectivity index (χ1n) is 28.7. The summed E-state index contributed by atoms with van der Waals surface area (Å²) in [5.74, 6) is 10.7. The van der Waals surface area contributed by atoms with Crippen molar-refractivity contribution in [2.75, 3.05) is 0 Å². The maximum Gasteiger partial charge on any atom is 0.195 e. The topological polar surface area (TPSA) is 34.1 Å². The van der Waals surface area contributed by atoms with Crippen molar-refractivity contribution in [2.45, 2.75) is 230 Å². The molecule has 5 fully saturated rings. The van der Waals surface area contributed by atoms with Gasteiger partial charge >= 0.3 is 0 Å². The average molecular weight is 899 g/mol. The van der Waals surface area contributed by atoms with Gasteiger partial charge in [0.25, 0.3) is 0 Å². The van der Waals surface area contributed by atoms with Crippen molar-refractivity contribution in [1.82, 2.24) is 0 Å². The van der Waals surface area contributed by atoms with Crippen LogP contribution in [0.15, 0.2) is 18.2 Å². The van der Waals surface area contributed by atoms with Crippen molar-refractivity contribution >= 4 is 11.6 Å². The largest absolute Gasteiger partial charge is 0.289 e. The number of benzene rings is 2. The molecule has 0 amide bonds. The number of fused-ring (bicyclic) bond motifs is 2. The van der Waals surface area contributed by atoms with Gasteiger partial charge in [0, 0.05) is 22.3 Å². The lowest BCUT2D eigenvalue weighted by Gasteiger charge is -2.46. The van der Waals surface area contributed by atoms with Gasteiger partial charge in [0.05, 0.1) is 0 Å². The number of ketones is 2. The molecule has 6 aliphatic carbocycles. The zero-order chi connectivity index (χ0) is 47.6. The molecule has 366 valence electrons. The van der Waals surface area contributed by atoms with Crippen LogP contribution in [0.3, 0.4) is 0 Å². The van der Waals surface area contributed by atoms with Gasteiger partial charge < -0.3 is 0 Å². The average Bonchev–Trinajstić information content (AvgIpc) is 3.26. The molecule has 15 unspecified atom stereocenters. The van der Waals surface area contributed by atoms with E-state index in [0.717, 1.165) is 41.5 Å². The number of hydrogen-bond acceptors (Lipinski definition) is 2. The lowest BCUT2D eigenvalue weighted by atomic mass is 9.57. The van der Waals surface area contributed by atoms with Crippen LogP contribution in [-0.2, 0) is 0 Å². The third-order valence-corrected chi connectivity index (χ3v) is 20.7.